The number of carboxylic acids is 1. The number of aromatic carboxylic acids is 1. The number of hydrogen-bond acceptors (Lipinski definition) is 4. The minimum Gasteiger partial charge on any atom is -0.477 e. The Bertz CT molecular complexity index is 464. The number of thiophene rings is 1. The van der Waals surface area contributed by atoms with E-state index in [9.17, 15) is 4.79 Å². The fraction of sp³-hybridized carbons (Fsp3) is 0. The van der Waals surface area contributed by atoms with E-state index in [1.54, 1.807) is 11.3 Å². The average Bonchev–Trinajstić information content (AvgIpc) is 2.70. The van der Waals surface area contributed by atoms with Crippen molar-refractivity contribution in [3.8, 4) is 9.88 Å². The van der Waals surface area contributed by atoms with Crippen LogP contribution in [0.25, 0.3) is 9.88 Å². The third-order valence-corrected chi connectivity index (χ3v) is 4.43. The first-order valence-electron chi connectivity index (χ1n) is 3.62. The monoisotopic (exact) mass is 289 g/mol. The summed E-state index contributed by atoms with van der Waals surface area (Å²) in [7, 11) is 0. The molecule has 0 aliphatic rings. The molecule has 0 fully saturated rings. The van der Waals surface area contributed by atoms with Crippen LogP contribution in [-0.4, -0.2) is 16.1 Å². The molecule has 0 aliphatic carbocycles. The van der Waals surface area contributed by atoms with E-state index >= 15 is 0 Å². The summed E-state index contributed by atoms with van der Waals surface area (Å²) < 4.78 is 0.401. The molecule has 3 nitrogen and oxygen atoms in total. The molecule has 0 aromatic carbocycles. The van der Waals surface area contributed by atoms with Gasteiger partial charge in [-0.25, -0.2) is 9.78 Å². The zero-order valence-electron chi connectivity index (χ0n) is 6.73. The smallest absolute Gasteiger partial charge is 0.348 e. The zero-order chi connectivity index (χ0) is 10.1. The third kappa shape index (κ3) is 1.73. The summed E-state index contributed by atoms with van der Waals surface area (Å²) in [4.78, 5) is 16.1. The topological polar surface area (TPSA) is 50.2 Å². The van der Waals surface area contributed by atoms with Gasteiger partial charge in [0.1, 0.15) is 14.5 Å². The van der Waals surface area contributed by atoms with Crippen LogP contribution in [0.4, 0.5) is 0 Å². The molecule has 2 aromatic rings. The molecule has 6 heteroatoms. The van der Waals surface area contributed by atoms with Crippen LogP contribution in [-0.2, 0) is 0 Å². The molecule has 2 heterocycles. The van der Waals surface area contributed by atoms with Crippen LogP contribution in [0.15, 0.2) is 22.1 Å². The number of rotatable bonds is 2. The SMILES string of the molecule is O=C(O)c1sc(-c2cccs2)nc1Br. The molecule has 14 heavy (non-hydrogen) atoms. The lowest BCUT2D eigenvalue weighted by Crippen LogP contribution is -1.91. The second-order valence-electron chi connectivity index (χ2n) is 2.42. The molecule has 0 unspecified atom stereocenters. The predicted molar refractivity (Wildman–Crippen MR) is 60.1 cm³/mol. The first-order valence-corrected chi connectivity index (χ1v) is 6.11. The van der Waals surface area contributed by atoms with Gasteiger partial charge in [0.2, 0.25) is 0 Å². The Morgan fingerprint density at radius 1 is 1.57 bits per heavy atom. The number of carbonyl (C=O) groups is 1. The molecule has 0 radical (unpaired) electrons. The molecule has 72 valence electrons. The zero-order valence-corrected chi connectivity index (χ0v) is 9.95. The number of hydrogen-bond donors (Lipinski definition) is 1. The normalized spacial score (nSPS) is 10.4. The van der Waals surface area contributed by atoms with Crippen LogP contribution in [0.3, 0.4) is 0 Å². The molecule has 0 saturated heterocycles. The van der Waals surface area contributed by atoms with Gasteiger partial charge in [0, 0.05) is 0 Å². The van der Waals surface area contributed by atoms with Gasteiger partial charge in [-0.05, 0) is 27.4 Å². The van der Waals surface area contributed by atoms with Crippen molar-refractivity contribution in [1.82, 2.24) is 4.98 Å². The van der Waals surface area contributed by atoms with Gasteiger partial charge in [0.05, 0.1) is 4.88 Å². The Kier molecular flexibility index (Phi) is 2.66. The van der Waals surface area contributed by atoms with Crippen molar-refractivity contribution in [1.29, 1.82) is 0 Å². The van der Waals surface area contributed by atoms with Crippen molar-refractivity contribution in [3.05, 3.63) is 27.0 Å². The van der Waals surface area contributed by atoms with Gasteiger partial charge in [-0.15, -0.1) is 22.7 Å². The minimum absolute atomic E-state index is 0.244. The van der Waals surface area contributed by atoms with Gasteiger partial charge >= 0.3 is 5.97 Å². The van der Waals surface area contributed by atoms with E-state index in [0.29, 0.717) is 4.60 Å². The molecule has 0 bridgehead atoms. The van der Waals surface area contributed by atoms with E-state index < -0.39 is 5.97 Å². The summed E-state index contributed by atoms with van der Waals surface area (Å²) in [5, 5.41) is 11.5. The van der Waals surface area contributed by atoms with E-state index in [2.05, 4.69) is 20.9 Å². The van der Waals surface area contributed by atoms with Gasteiger partial charge in [-0.3, -0.25) is 0 Å². The highest BCUT2D eigenvalue weighted by atomic mass is 79.9. The number of aromatic nitrogens is 1. The molecule has 2 aromatic heterocycles. The Morgan fingerprint density at radius 3 is 2.86 bits per heavy atom. The summed E-state index contributed by atoms with van der Waals surface area (Å²) >= 11 is 5.85. The number of nitrogens with zero attached hydrogens (tertiary/aromatic N) is 1. The molecule has 0 spiro atoms. The van der Waals surface area contributed by atoms with Crippen LogP contribution in [0, 0.1) is 0 Å². The van der Waals surface area contributed by atoms with Gasteiger partial charge in [0.15, 0.2) is 0 Å². The van der Waals surface area contributed by atoms with Crippen molar-refractivity contribution in [2.75, 3.05) is 0 Å². The van der Waals surface area contributed by atoms with Crippen LogP contribution >= 0.6 is 38.6 Å². The Hall–Kier alpha value is -0.720. The van der Waals surface area contributed by atoms with E-state index in [0.717, 1.165) is 9.88 Å². The molecular formula is C8H4BrNO2S2. The highest BCUT2D eigenvalue weighted by Crippen LogP contribution is 2.33. The van der Waals surface area contributed by atoms with Crippen LogP contribution in [0.2, 0.25) is 0 Å². The van der Waals surface area contributed by atoms with Gasteiger partial charge in [-0.2, -0.15) is 0 Å². The molecule has 0 atom stereocenters. The average molecular weight is 290 g/mol. The second kappa shape index (κ2) is 3.80. The standard InChI is InChI=1S/C8H4BrNO2S2/c9-6-5(8(11)12)14-7(10-6)4-2-1-3-13-4/h1-3H,(H,11,12). The predicted octanol–water partition coefficient (Wildman–Crippen LogP) is 3.33. The van der Waals surface area contributed by atoms with E-state index in [4.69, 9.17) is 5.11 Å². The highest BCUT2D eigenvalue weighted by Gasteiger charge is 2.16. The minimum atomic E-state index is -0.947. The van der Waals surface area contributed by atoms with Gasteiger partial charge < -0.3 is 5.11 Å². The largest absolute Gasteiger partial charge is 0.477 e. The van der Waals surface area contributed by atoms with Crippen LogP contribution < -0.4 is 0 Å². The summed E-state index contributed by atoms with van der Waals surface area (Å²) in [6.45, 7) is 0. The Balaban J connectivity index is 2.48. The first-order chi connectivity index (χ1) is 6.68. The van der Waals surface area contributed by atoms with Gasteiger partial charge in [-0.1, -0.05) is 6.07 Å². The summed E-state index contributed by atoms with van der Waals surface area (Å²) in [5.41, 5.74) is 0. The molecule has 1 N–H and O–H groups in total. The molecular weight excluding hydrogens is 286 g/mol. The van der Waals surface area contributed by atoms with Crippen molar-refractivity contribution in [3.63, 3.8) is 0 Å². The molecule has 0 amide bonds. The third-order valence-electron chi connectivity index (χ3n) is 1.51. The van der Waals surface area contributed by atoms with E-state index in [1.165, 1.54) is 11.3 Å². The summed E-state index contributed by atoms with van der Waals surface area (Å²) in [6, 6.07) is 3.83. The lowest BCUT2D eigenvalue weighted by molar-refractivity contribution is 0.0701. The van der Waals surface area contributed by atoms with Crippen molar-refractivity contribution in [2.45, 2.75) is 0 Å². The molecule has 2 rings (SSSR count). The fourth-order valence-corrected chi connectivity index (χ4v) is 3.24. The lowest BCUT2D eigenvalue weighted by Gasteiger charge is -1.84. The molecule has 0 saturated carbocycles. The quantitative estimate of drug-likeness (QED) is 0.923. The maximum atomic E-state index is 10.7. The van der Waals surface area contributed by atoms with Crippen molar-refractivity contribution >= 4 is 44.6 Å². The number of halogens is 1. The maximum Gasteiger partial charge on any atom is 0.348 e. The number of thiazole rings is 1. The molecule has 0 aliphatic heterocycles. The summed E-state index contributed by atoms with van der Waals surface area (Å²) in [6.07, 6.45) is 0. The highest BCUT2D eigenvalue weighted by molar-refractivity contribution is 9.10. The first kappa shape index (κ1) is 9.82. The maximum absolute atomic E-state index is 10.7. The van der Waals surface area contributed by atoms with E-state index in [-0.39, 0.29) is 4.88 Å². The Labute approximate surface area is 96.2 Å². The van der Waals surface area contributed by atoms with E-state index in [1.807, 2.05) is 17.5 Å². The summed E-state index contributed by atoms with van der Waals surface area (Å²) in [5.74, 6) is -0.947. The fourth-order valence-electron chi connectivity index (χ4n) is 0.939. The Morgan fingerprint density at radius 2 is 2.36 bits per heavy atom. The van der Waals surface area contributed by atoms with Crippen LogP contribution in [0.5, 0.6) is 0 Å². The van der Waals surface area contributed by atoms with Gasteiger partial charge in [0.25, 0.3) is 0 Å². The second-order valence-corrected chi connectivity index (χ2v) is 5.12. The lowest BCUT2D eigenvalue weighted by atomic mass is 10.5. The van der Waals surface area contributed by atoms with Crippen molar-refractivity contribution < 1.29 is 9.90 Å². The number of carboxylic acid groups (broad SMARTS) is 1. The van der Waals surface area contributed by atoms with Crippen molar-refractivity contribution in [2.24, 2.45) is 0 Å². The van der Waals surface area contributed by atoms with Crippen LogP contribution in [0.1, 0.15) is 9.67 Å².